The molecule has 1 fully saturated rings. The number of alkyl halides is 1. The van der Waals surface area contributed by atoms with E-state index in [1.807, 2.05) is 13.0 Å². The lowest BCUT2D eigenvalue weighted by molar-refractivity contribution is 0.102. The summed E-state index contributed by atoms with van der Waals surface area (Å²) in [6, 6.07) is 2.53. The lowest BCUT2D eigenvalue weighted by Gasteiger charge is -2.21. The number of rotatable bonds is 3. The van der Waals surface area contributed by atoms with E-state index >= 15 is 0 Å². The van der Waals surface area contributed by atoms with Gasteiger partial charge in [0.05, 0.1) is 5.88 Å². The molecule has 0 spiro atoms. The summed E-state index contributed by atoms with van der Waals surface area (Å²) < 4.78 is 2.34. The summed E-state index contributed by atoms with van der Waals surface area (Å²) >= 11 is 5.67. The van der Waals surface area contributed by atoms with Crippen LogP contribution >= 0.6 is 11.6 Å². The number of Topliss-reactive ketones (excluding diaryl/α,β-unsaturated/α-hetero) is 1. The van der Waals surface area contributed by atoms with Gasteiger partial charge in [-0.05, 0) is 44.6 Å². The third-order valence-corrected chi connectivity index (χ3v) is 4.46. The van der Waals surface area contributed by atoms with Gasteiger partial charge in [0.15, 0.2) is 5.78 Å². The van der Waals surface area contributed by atoms with Crippen LogP contribution in [0.2, 0.25) is 0 Å². The van der Waals surface area contributed by atoms with Crippen molar-refractivity contribution in [2.75, 3.05) is 5.88 Å². The van der Waals surface area contributed by atoms with Crippen LogP contribution in [0.5, 0.6) is 0 Å². The Balaban J connectivity index is 2.35. The lowest BCUT2D eigenvalue weighted by Crippen LogP contribution is -2.12. The van der Waals surface area contributed by atoms with Crippen LogP contribution in [0.3, 0.4) is 0 Å². The summed E-state index contributed by atoms with van der Waals surface area (Å²) in [5.41, 5.74) is 3.49. The molecule has 18 heavy (non-hydrogen) atoms. The molecule has 1 atom stereocenters. The second kappa shape index (κ2) is 4.73. The number of ketones is 1. The van der Waals surface area contributed by atoms with Gasteiger partial charge in [0, 0.05) is 23.0 Å². The minimum atomic E-state index is 0.0354. The predicted octanol–water partition coefficient (Wildman–Crippen LogP) is 4.28. The topological polar surface area (TPSA) is 22.0 Å². The van der Waals surface area contributed by atoms with Gasteiger partial charge in [-0.2, -0.15) is 0 Å². The molecule has 1 aliphatic carbocycles. The van der Waals surface area contributed by atoms with E-state index in [9.17, 15) is 4.79 Å². The van der Waals surface area contributed by atoms with Crippen LogP contribution in [0, 0.1) is 19.3 Å². The van der Waals surface area contributed by atoms with Crippen LogP contribution in [0.4, 0.5) is 0 Å². The molecule has 1 unspecified atom stereocenters. The minimum absolute atomic E-state index is 0.0354. The number of halogens is 1. The molecule has 0 aromatic carbocycles. The molecule has 0 radical (unpaired) electrons. The van der Waals surface area contributed by atoms with Gasteiger partial charge >= 0.3 is 0 Å². The van der Waals surface area contributed by atoms with Crippen molar-refractivity contribution < 1.29 is 4.79 Å². The van der Waals surface area contributed by atoms with E-state index in [2.05, 4.69) is 25.3 Å². The van der Waals surface area contributed by atoms with Crippen molar-refractivity contribution in [3.05, 3.63) is 23.0 Å². The normalized spacial score (nSPS) is 22.4. The van der Waals surface area contributed by atoms with Crippen LogP contribution in [-0.4, -0.2) is 16.2 Å². The monoisotopic (exact) mass is 267 g/mol. The molecule has 0 N–H and O–H groups in total. The van der Waals surface area contributed by atoms with Gasteiger partial charge in [0.1, 0.15) is 0 Å². The molecule has 1 heterocycles. The lowest BCUT2D eigenvalue weighted by atomic mass is 9.92. The first-order chi connectivity index (χ1) is 8.35. The SMILES string of the molecule is Cc1cc(C(=O)CCl)c(C)n1C1CCC(C)(C)C1. The predicted molar refractivity (Wildman–Crippen MR) is 75.6 cm³/mol. The Morgan fingerprint density at radius 2 is 2.17 bits per heavy atom. The molecular formula is C15H22ClNO. The highest BCUT2D eigenvalue weighted by Crippen LogP contribution is 2.44. The number of carbonyl (C=O) groups excluding carboxylic acids is 1. The van der Waals surface area contributed by atoms with Crippen molar-refractivity contribution in [2.45, 2.75) is 53.0 Å². The highest BCUT2D eigenvalue weighted by Gasteiger charge is 2.33. The summed E-state index contributed by atoms with van der Waals surface area (Å²) in [5.74, 6) is 0.105. The number of nitrogens with zero attached hydrogens (tertiary/aromatic N) is 1. The molecule has 0 aliphatic heterocycles. The zero-order chi connectivity index (χ0) is 13.5. The fourth-order valence-corrected chi connectivity index (χ4v) is 3.46. The third kappa shape index (κ3) is 2.35. The van der Waals surface area contributed by atoms with E-state index in [1.165, 1.54) is 25.0 Å². The smallest absolute Gasteiger partial charge is 0.179 e. The Morgan fingerprint density at radius 3 is 2.67 bits per heavy atom. The van der Waals surface area contributed by atoms with E-state index in [0.717, 1.165) is 11.3 Å². The van der Waals surface area contributed by atoms with E-state index in [1.54, 1.807) is 0 Å². The molecule has 1 aliphatic rings. The number of carbonyl (C=O) groups is 1. The van der Waals surface area contributed by atoms with Gasteiger partial charge in [0.25, 0.3) is 0 Å². The van der Waals surface area contributed by atoms with Gasteiger partial charge in [-0.15, -0.1) is 11.6 Å². The summed E-state index contributed by atoms with van der Waals surface area (Å²) in [6.45, 7) is 8.78. The zero-order valence-corrected chi connectivity index (χ0v) is 12.5. The highest BCUT2D eigenvalue weighted by atomic mass is 35.5. The standard InChI is InChI=1S/C15H22ClNO/c1-10-7-13(14(18)9-16)11(2)17(10)12-5-6-15(3,4)8-12/h7,12H,5-6,8-9H2,1-4H3. The van der Waals surface area contributed by atoms with Gasteiger partial charge < -0.3 is 4.57 Å². The molecule has 1 aromatic heterocycles. The Kier molecular flexibility index (Phi) is 3.59. The fraction of sp³-hybridized carbons (Fsp3) is 0.667. The van der Waals surface area contributed by atoms with Crippen LogP contribution in [-0.2, 0) is 0 Å². The van der Waals surface area contributed by atoms with Gasteiger partial charge in [-0.3, -0.25) is 4.79 Å². The largest absolute Gasteiger partial charge is 0.345 e. The molecule has 0 amide bonds. The molecule has 0 bridgehead atoms. The zero-order valence-electron chi connectivity index (χ0n) is 11.7. The molecular weight excluding hydrogens is 246 g/mol. The minimum Gasteiger partial charge on any atom is -0.345 e. The molecule has 1 aromatic rings. The van der Waals surface area contributed by atoms with Crippen LogP contribution < -0.4 is 0 Å². The summed E-state index contributed by atoms with van der Waals surface area (Å²) in [4.78, 5) is 11.8. The summed E-state index contributed by atoms with van der Waals surface area (Å²) in [5, 5.41) is 0. The van der Waals surface area contributed by atoms with Crippen molar-refractivity contribution in [1.29, 1.82) is 0 Å². The first-order valence-electron chi connectivity index (χ1n) is 6.63. The van der Waals surface area contributed by atoms with Gasteiger partial charge in [-0.25, -0.2) is 0 Å². The van der Waals surface area contributed by atoms with Crippen LogP contribution in [0.1, 0.15) is 60.9 Å². The number of aromatic nitrogens is 1. The van der Waals surface area contributed by atoms with E-state index in [-0.39, 0.29) is 11.7 Å². The first-order valence-corrected chi connectivity index (χ1v) is 7.17. The molecule has 0 saturated heterocycles. The Morgan fingerprint density at radius 1 is 1.50 bits per heavy atom. The number of hydrogen-bond acceptors (Lipinski definition) is 1. The highest BCUT2D eigenvalue weighted by molar-refractivity contribution is 6.30. The van der Waals surface area contributed by atoms with Crippen molar-refractivity contribution in [2.24, 2.45) is 5.41 Å². The summed E-state index contributed by atoms with van der Waals surface area (Å²) in [6.07, 6.45) is 3.66. The average molecular weight is 268 g/mol. The maximum Gasteiger partial charge on any atom is 0.179 e. The third-order valence-electron chi connectivity index (χ3n) is 4.21. The maximum absolute atomic E-state index is 11.8. The fourth-order valence-electron chi connectivity index (χ4n) is 3.31. The molecule has 2 nitrogen and oxygen atoms in total. The molecule has 1 saturated carbocycles. The second-order valence-corrected chi connectivity index (χ2v) is 6.54. The second-order valence-electron chi connectivity index (χ2n) is 6.27. The van der Waals surface area contributed by atoms with Crippen molar-refractivity contribution in [1.82, 2.24) is 4.57 Å². The van der Waals surface area contributed by atoms with E-state index < -0.39 is 0 Å². The molecule has 2 rings (SSSR count). The average Bonchev–Trinajstić information content (AvgIpc) is 2.78. The van der Waals surface area contributed by atoms with E-state index in [0.29, 0.717) is 11.5 Å². The maximum atomic E-state index is 11.8. The first kappa shape index (κ1) is 13.7. The van der Waals surface area contributed by atoms with Crippen LogP contribution in [0.25, 0.3) is 0 Å². The van der Waals surface area contributed by atoms with Gasteiger partial charge in [0.2, 0.25) is 0 Å². The van der Waals surface area contributed by atoms with Gasteiger partial charge in [-0.1, -0.05) is 13.8 Å². The number of hydrogen-bond donors (Lipinski definition) is 0. The van der Waals surface area contributed by atoms with Crippen molar-refractivity contribution in [3.63, 3.8) is 0 Å². The summed E-state index contributed by atoms with van der Waals surface area (Å²) in [7, 11) is 0. The Bertz CT molecular complexity index is 473. The van der Waals surface area contributed by atoms with Crippen LogP contribution in [0.15, 0.2) is 6.07 Å². The quantitative estimate of drug-likeness (QED) is 0.592. The van der Waals surface area contributed by atoms with Crippen molar-refractivity contribution in [3.8, 4) is 0 Å². The Labute approximate surface area is 114 Å². The molecule has 100 valence electrons. The Hall–Kier alpha value is -0.760. The van der Waals surface area contributed by atoms with Crippen molar-refractivity contribution >= 4 is 17.4 Å². The number of aryl methyl sites for hydroxylation is 1. The van der Waals surface area contributed by atoms with E-state index in [4.69, 9.17) is 11.6 Å². The molecule has 3 heteroatoms.